The van der Waals surface area contributed by atoms with Crippen LogP contribution < -0.4 is 0 Å². The standard InChI is InChI=1S/C11H11FO2/c1-3-4-8-5-6-9(12)7-10(8)11(13)14-2/h3,5-7H,1,4H2,2H3. The van der Waals surface area contributed by atoms with Gasteiger partial charge < -0.3 is 4.74 Å². The minimum absolute atomic E-state index is 0.257. The SMILES string of the molecule is C=CCc1ccc(F)cc1C(=O)OC. The normalized spacial score (nSPS) is 9.57. The summed E-state index contributed by atoms with van der Waals surface area (Å²) in [5.41, 5.74) is 0.973. The Kier molecular flexibility index (Phi) is 3.40. The third kappa shape index (κ3) is 2.19. The monoisotopic (exact) mass is 194 g/mol. The first kappa shape index (κ1) is 10.4. The number of esters is 1. The van der Waals surface area contributed by atoms with Crippen LogP contribution in [0.1, 0.15) is 15.9 Å². The van der Waals surface area contributed by atoms with Crippen LogP contribution in [0.2, 0.25) is 0 Å². The Morgan fingerprint density at radius 1 is 1.64 bits per heavy atom. The van der Waals surface area contributed by atoms with Gasteiger partial charge in [-0.15, -0.1) is 6.58 Å². The molecule has 0 saturated carbocycles. The summed E-state index contributed by atoms with van der Waals surface area (Å²) in [5.74, 6) is -0.973. The number of hydrogen-bond acceptors (Lipinski definition) is 2. The van der Waals surface area contributed by atoms with Crippen molar-refractivity contribution in [2.75, 3.05) is 7.11 Å². The molecule has 0 bridgehead atoms. The first-order valence-electron chi connectivity index (χ1n) is 4.16. The highest BCUT2D eigenvalue weighted by Gasteiger charge is 2.11. The quantitative estimate of drug-likeness (QED) is 0.545. The van der Waals surface area contributed by atoms with E-state index in [2.05, 4.69) is 11.3 Å². The highest BCUT2D eigenvalue weighted by Crippen LogP contribution is 2.13. The predicted octanol–water partition coefficient (Wildman–Crippen LogP) is 2.34. The van der Waals surface area contributed by atoms with E-state index in [1.807, 2.05) is 0 Å². The molecule has 3 heteroatoms. The van der Waals surface area contributed by atoms with Gasteiger partial charge in [-0.1, -0.05) is 12.1 Å². The van der Waals surface area contributed by atoms with E-state index in [4.69, 9.17) is 0 Å². The van der Waals surface area contributed by atoms with Gasteiger partial charge in [-0.2, -0.15) is 0 Å². The second-order valence-electron chi connectivity index (χ2n) is 2.79. The van der Waals surface area contributed by atoms with Gasteiger partial charge in [0.05, 0.1) is 12.7 Å². The summed E-state index contributed by atoms with van der Waals surface area (Å²) in [6.07, 6.45) is 2.17. The summed E-state index contributed by atoms with van der Waals surface area (Å²) in [5, 5.41) is 0. The van der Waals surface area contributed by atoms with Gasteiger partial charge in [-0.3, -0.25) is 0 Å². The van der Waals surface area contributed by atoms with Gasteiger partial charge in [-0.25, -0.2) is 9.18 Å². The largest absolute Gasteiger partial charge is 0.465 e. The molecule has 0 saturated heterocycles. The number of ether oxygens (including phenoxy) is 1. The molecular weight excluding hydrogens is 183 g/mol. The van der Waals surface area contributed by atoms with Crippen LogP contribution in [0.5, 0.6) is 0 Å². The smallest absolute Gasteiger partial charge is 0.338 e. The molecule has 1 aromatic carbocycles. The van der Waals surface area contributed by atoms with Crippen molar-refractivity contribution in [3.8, 4) is 0 Å². The van der Waals surface area contributed by atoms with E-state index >= 15 is 0 Å². The van der Waals surface area contributed by atoms with Gasteiger partial charge in [0.1, 0.15) is 5.82 Å². The third-order valence-electron chi connectivity index (χ3n) is 1.84. The summed E-state index contributed by atoms with van der Waals surface area (Å²) in [6.45, 7) is 3.56. The van der Waals surface area contributed by atoms with E-state index in [9.17, 15) is 9.18 Å². The fraction of sp³-hybridized carbons (Fsp3) is 0.182. The third-order valence-corrected chi connectivity index (χ3v) is 1.84. The number of hydrogen-bond donors (Lipinski definition) is 0. The molecule has 0 radical (unpaired) electrons. The molecule has 2 nitrogen and oxygen atoms in total. The highest BCUT2D eigenvalue weighted by molar-refractivity contribution is 5.91. The zero-order valence-electron chi connectivity index (χ0n) is 7.92. The van der Waals surface area contributed by atoms with E-state index < -0.39 is 11.8 Å². The van der Waals surface area contributed by atoms with Crippen LogP contribution in [-0.2, 0) is 11.2 Å². The lowest BCUT2D eigenvalue weighted by atomic mass is 10.0. The average molecular weight is 194 g/mol. The molecule has 0 aliphatic carbocycles. The molecule has 74 valence electrons. The van der Waals surface area contributed by atoms with Crippen molar-refractivity contribution in [2.45, 2.75) is 6.42 Å². The molecule has 0 aromatic heterocycles. The topological polar surface area (TPSA) is 26.3 Å². The van der Waals surface area contributed by atoms with E-state index in [0.717, 1.165) is 0 Å². The molecule has 0 heterocycles. The Morgan fingerprint density at radius 3 is 2.93 bits per heavy atom. The number of methoxy groups -OCH3 is 1. The highest BCUT2D eigenvalue weighted by atomic mass is 19.1. The van der Waals surface area contributed by atoms with Crippen molar-refractivity contribution in [2.24, 2.45) is 0 Å². The van der Waals surface area contributed by atoms with Crippen LogP contribution >= 0.6 is 0 Å². The van der Waals surface area contributed by atoms with Crippen LogP contribution in [-0.4, -0.2) is 13.1 Å². The van der Waals surface area contributed by atoms with Crippen molar-refractivity contribution in [1.82, 2.24) is 0 Å². The van der Waals surface area contributed by atoms with E-state index in [1.54, 1.807) is 12.1 Å². The van der Waals surface area contributed by atoms with Crippen LogP contribution in [0.15, 0.2) is 30.9 Å². The van der Waals surface area contributed by atoms with Gasteiger partial charge in [-0.05, 0) is 24.1 Å². The number of allylic oxidation sites excluding steroid dienone is 1. The number of rotatable bonds is 3. The summed E-state index contributed by atoms with van der Waals surface area (Å²) < 4.78 is 17.4. The molecule has 1 rings (SSSR count). The number of carbonyl (C=O) groups is 1. The second kappa shape index (κ2) is 4.56. The lowest BCUT2D eigenvalue weighted by Gasteiger charge is -2.05. The van der Waals surface area contributed by atoms with Crippen molar-refractivity contribution >= 4 is 5.97 Å². The average Bonchev–Trinajstić information content (AvgIpc) is 2.20. The maximum atomic E-state index is 12.9. The molecule has 1 aromatic rings. The second-order valence-corrected chi connectivity index (χ2v) is 2.79. The predicted molar refractivity (Wildman–Crippen MR) is 51.6 cm³/mol. The fourth-order valence-corrected chi connectivity index (χ4v) is 1.18. The molecular formula is C11H11FO2. The van der Waals surface area contributed by atoms with Crippen LogP contribution in [0.25, 0.3) is 0 Å². The lowest BCUT2D eigenvalue weighted by molar-refractivity contribution is 0.0599. The molecule has 0 unspecified atom stereocenters. The fourth-order valence-electron chi connectivity index (χ4n) is 1.18. The summed E-state index contributed by atoms with van der Waals surface area (Å²) in [4.78, 5) is 11.2. The molecule has 0 aliphatic heterocycles. The number of benzene rings is 1. The Labute approximate surface area is 82.0 Å². The summed E-state index contributed by atoms with van der Waals surface area (Å²) in [7, 11) is 1.27. The molecule has 14 heavy (non-hydrogen) atoms. The molecule has 0 amide bonds. The summed E-state index contributed by atoms with van der Waals surface area (Å²) in [6, 6.07) is 4.04. The van der Waals surface area contributed by atoms with Gasteiger partial charge in [0.15, 0.2) is 0 Å². The Balaban J connectivity index is 3.14. The van der Waals surface area contributed by atoms with Gasteiger partial charge in [0, 0.05) is 0 Å². The van der Waals surface area contributed by atoms with Gasteiger partial charge in [0.25, 0.3) is 0 Å². The molecule has 0 atom stereocenters. The van der Waals surface area contributed by atoms with Crippen molar-refractivity contribution in [3.63, 3.8) is 0 Å². The van der Waals surface area contributed by atoms with Gasteiger partial charge in [0.2, 0.25) is 0 Å². The Bertz CT molecular complexity index is 358. The van der Waals surface area contributed by atoms with E-state index in [0.29, 0.717) is 12.0 Å². The van der Waals surface area contributed by atoms with Crippen LogP contribution in [0.4, 0.5) is 4.39 Å². The van der Waals surface area contributed by atoms with Crippen molar-refractivity contribution in [3.05, 3.63) is 47.8 Å². The molecule has 0 spiro atoms. The zero-order chi connectivity index (χ0) is 10.6. The van der Waals surface area contributed by atoms with Crippen LogP contribution in [0, 0.1) is 5.82 Å². The van der Waals surface area contributed by atoms with Crippen molar-refractivity contribution in [1.29, 1.82) is 0 Å². The van der Waals surface area contributed by atoms with Crippen LogP contribution in [0.3, 0.4) is 0 Å². The zero-order valence-corrected chi connectivity index (χ0v) is 7.92. The minimum atomic E-state index is -0.527. The number of carbonyl (C=O) groups excluding carboxylic acids is 1. The Morgan fingerprint density at radius 2 is 2.36 bits per heavy atom. The molecule has 0 aliphatic rings. The Hall–Kier alpha value is -1.64. The first-order chi connectivity index (χ1) is 6.69. The molecule has 0 N–H and O–H groups in total. The maximum absolute atomic E-state index is 12.9. The van der Waals surface area contributed by atoms with Crippen molar-refractivity contribution < 1.29 is 13.9 Å². The van der Waals surface area contributed by atoms with Gasteiger partial charge >= 0.3 is 5.97 Å². The lowest BCUT2D eigenvalue weighted by Crippen LogP contribution is -2.05. The van der Waals surface area contributed by atoms with E-state index in [-0.39, 0.29) is 5.56 Å². The minimum Gasteiger partial charge on any atom is -0.465 e. The maximum Gasteiger partial charge on any atom is 0.338 e. The number of halogens is 1. The van der Waals surface area contributed by atoms with E-state index in [1.165, 1.54) is 19.2 Å². The first-order valence-corrected chi connectivity index (χ1v) is 4.16. The molecule has 0 fully saturated rings. The summed E-state index contributed by atoms with van der Waals surface area (Å²) >= 11 is 0.